The second-order valence-electron chi connectivity index (χ2n) is 7.91. The molecule has 1 fully saturated rings. The maximum atomic E-state index is 12.6. The van der Waals surface area contributed by atoms with Gasteiger partial charge in [0.1, 0.15) is 0 Å². The lowest BCUT2D eigenvalue weighted by molar-refractivity contribution is 0.0921. The van der Waals surface area contributed by atoms with Gasteiger partial charge in [-0.2, -0.15) is 0 Å². The summed E-state index contributed by atoms with van der Waals surface area (Å²) >= 11 is 0. The molecule has 4 heteroatoms. The molecule has 4 rings (SSSR count). The van der Waals surface area contributed by atoms with Crippen molar-refractivity contribution in [2.45, 2.75) is 32.7 Å². The van der Waals surface area contributed by atoms with Gasteiger partial charge in [-0.1, -0.05) is 37.3 Å². The summed E-state index contributed by atoms with van der Waals surface area (Å²) in [5.41, 5.74) is 3.77. The van der Waals surface area contributed by atoms with Crippen molar-refractivity contribution in [3.63, 3.8) is 0 Å². The first-order valence-corrected chi connectivity index (χ1v) is 9.85. The molecule has 1 heterocycles. The molecule has 1 aliphatic heterocycles. The van der Waals surface area contributed by atoms with E-state index in [0.29, 0.717) is 23.7 Å². The predicted molar refractivity (Wildman–Crippen MR) is 107 cm³/mol. The van der Waals surface area contributed by atoms with E-state index in [1.54, 1.807) is 6.07 Å². The summed E-state index contributed by atoms with van der Waals surface area (Å²) in [5.74, 6) is 0.695. The third kappa shape index (κ3) is 3.42. The number of hydrogen-bond donors (Lipinski definition) is 1. The number of rotatable bonds is 4. The van der Waals surface area contributed by atoms with Gasteiger partial charge in [0, 0.05) is 29.3 Å². The van der Waals surface area contributed by atoms with Crippen LogP contribution in [0, 0.1) is 5.92 Å². The van der Waals surface area contributed by atoms with Gasteiger partial charge in [0.05, 0.1) is 0 Å². The van der Waals surface area contributed by atoms with Gasteiger partial charge in [-0.15, -0.1) is 0 Å². The van der Waals surface area contributed by atoms with E-state index in [-0.39, 0.29) is 11.7 Å². The number of ketones is 1. The quantitative estimate of drug-likeness (QED) is 0.769. The topological polar surface area (TPSA) is 49.4 Å². The SMILES string of the molecule is CC1CCN(C(C)CNC(=O)c2ccc3c(c2)C(=O)c2ccccc2-3)CC1. The molecule has 1 amide bonds. The zero-order chi connectivity index (χ0) is 19.0. The Hall–Kier alpha value is -2.46. The highest BCUT2D eigenvalue weighted by Crippen LogP contribution is 2.36. The van der Waals surface area contributed by atoms with Crippen molar-refractivity contribution in [1.29, 1.82) is 0 Å². The summed E-state index contributed by atoms with van der Waals surface area (Å²) in [6, 6.07) is 13.4. The van der Waals surface area contributed by atoms with Crippen molar-refractivity contribution in [2.24, 2.45) is 5.92 Å². The number of fused-ring (bicyclic) bond motifs is 3. The van der Waals surface area contributed by atoms with E-state index in [1.165, 1.54) is 12.8 Å². The molecule has 1 aliphatic carbocycles. The van der Waals surface area contributed by atoms with E-state index in [0.717, 1.165) is 35.7 Å². The van der Waals surface area contributed by atoms with E-state index in [2.05, 4.69) is 24.1 Å². The number of amides is 1. The van der Waals surface area contributed by atoms with Crippen LogP contribution in [0.25, 0.3) is 11.1 Å². The van der Waals surface area contributed by atoms with E-state index < -0.39 is 0 Å². The van der Waals surface area contributed by atoms with Crippen LogP contribution in [-0.2, 0) is 0 Å². The molecule has 0 spiro atoms. The molecular formula is C23H26N2O2. The molecule has 1 saturated heterocycles. The summed E-state index contributed by atoms with van der Waals surface area (Å²) < 4.78 is 0. The van der Waals surface area contributed by atoms with Gasteiger partial charge in [0.15, 0.2) is 5.78 Å². The fourth-order valence-electron chi connectivity index (χ4n) is 4.11. The first-order valence-electron chi connectivity index (χ1n) is 9.85. The fraction of sp³-hybridized carbons (Fsp3) is 0.391. The van der Waals surface area contributed by atoms with Crippen LogP contribution in [0.5, 0.6) is 0 Å². The van der Waals surface area contributed by atoms with E-state index in [4.69, 9.17) is 0 Å². The van der Waals surface area contributed by atoms with Gasteiger partial charge in [-0.05, 0) is 62.0 Å². The van der Waals surface area contributed by atoms with Crippen LogP contribution in [0.3, 0.4) is 0 Å². The lowest BCUT2D eigenvalue weighted by Gasteiger charge is -2.35. The molecule has 1 N–H and O–H groups in total. The average molecular weight is 362 g/mol. The highest BCUT2D eigenvalue weighted by molar-refractivity contribution is 6.22. The zero-order valence-electron chi connectivity index (χ0n) is 16.0. The molecule has 140 valence electrons. The Balaban J connectivity index is 1.43. The third-order valence-electron chi connectivity index (χ3n) is 5.99. The molecule has 4 nitrogen and oxygen atoms in total. The Bertz CT molecular complexity index is 882. The maximum absolute atomic E-state index is 12.6. The minimum Gasteiger partial charge on any atom is -0.350 e. The van der Waals surface area contributed by atoms with Gasteiger partial charge in [-0.3, -0.25) is 14.5 Å². The summed E-state index contributed by atoms with van der Waals surface area (Å²) in [5, 5.41) is 3.04. The highest BCUT2D eigenvalue weighted by Gasteiger charge is 2.27. The number of carbonyl (C=O) groups is 2. The van der Waals surface area contributed by atoms with Gasteiger partial charge in [0.25, 0.3) is 5.91 Å². The van der Waals surface area contributed by atoms with Crippen LogP contribution in [0.4, 0.5) is 0 Å². The number of likely N-dealkylation sites (tertiary alicyclic amines) is 1. The number of nitrogens with zero attached hydrogens (tertiary/aromatic N) is 1. The van der Waals surface area contributed by atoms with Crippen molar-refractivity contribution >= 4 is 11.7 Å². The Morgan fingerprint density at radius 3 is 2.48 bits per heavy atom. The Labute approximate surface area is 160 Å². The molecule has 0 aromatic heterocycles. The first-order chi connectivity index (χ1) is 13.0. The van der Waals surface area contributed by atoms with Crippen LogP contribution in [0.1, 0.15) is 53.0 Å². The highest BCUT2D eigenvalue weighted by atomic mass is 16.1. The molecular weight excluding hydrogens is 336 g/mol. The molecule has 2 aromatic carbocycles. The summed E-state index contributed by atoms with van der Waals surface area (Å²) in [4.78, 5) is 27.7. The lowest BCUT2D eigenvalue weighted by Crippen LogP contribution is -2.45. The van der Waals surface area contributed by atoms with Crippen LogP contribution in [0.2, 0.25) is 0 Å². The maximum Gasteiger partial charge on any atom is 0.251 e. The Morgan fingerprint density at radius 2 is 1.74 bits per heavy atom. The molecule has 2 aliphatic rings. The molecule has 0 saturated carbocycles. The van der Waals surface area contributed by atoms with Crippen molar-refractivity contribution in [3.8, 4) is 11.1 Å². The van der Waals surface area contributed by atoms with Crippen LogP contribution in [-0.4, -0.2) is 42.3 Å². The predicted octanol–water partition coefficient (Wildman–Crippen LogP) is 3.75. The first kappa shape index (κ1) is 17.9. The molecule has 0 bridgehead atoms. The van der Waals surface area contributed by atoms with E-state index in [9.17, 15) is 9.59 Å². The standard InChI is InChI=1S/C23H26N2O2/c1-15-9-11-25(12-10-15)16(2)14-24-23(27)17-7-8-19-18-5-3-4-6-20(18)22(26)21(19)13-17/h3-8,13,15-16H,9-12,14H2,1-2H3,(H,24,27). The summed E-state index contributed by atoms with van der Waals surface area (Å²) in [6.07, 6.45) is 2.46. The van der Waals surface area contributed by atoms with Crippen molar-refractivity contribution < 1.29 is 9.59 Å². The lowest BCUT2D eigenvalue weighted by atomic mass is 9.98. The minimum atomic E-state index is -0.112. The van der Waals surface area contributed by atoms with Crippen molar-refractivity contribution in [1.82, 2.24) is 10.2 Å². The van der Waals surface area contributed by atoms with Crippen LogP contribution < -0.4 is 5.32 Å². The van der Waals surface area contributed by atoms with Crippen LogP contribution >= 0.6 is 0 Å². The average Bonchev–Trinajstić information content (AvgIpc) is 2.98. The second-order valence-corrected chi connectivity index (χ2v) is 7.91. The van der Waals surface area contributed by atoms with Gasteiger partial charge in [-0.25, -0.2) is 0 Å². The van der Waals surface area contributed by atoms with Crippen LogP contribution in [0.15, 0.2) is 42.5 Å². The zero-order valence-corrected chi connectivity index (χ0v) is 16.0. The molecule has 27 heavy (non-hydrogen) atoms. The third-order valence-corrected chi connectivity index (χ3v) is 5.99. The normalized spacial score (nSPS) is 18.1. The number of hydrogen-bond acceptors (Lipinski definition) is 3. The monoisotopic (exact) mass is 362 g/mol. The van der Waals surface area contributed by atoms with Crippen molar-refractivity contribution in [2.75, 3.05) is 19.6 Å². The van der Waals surface area contributed by atoms with Gasteiger partial charge >= 0.3 is 0 Å². The number of carbonyl (C=O) groups excluding carboxylic acids is 2. The summed E-state index contributed by atoms with van der Waals surface area (Å²) in [6.45, 7) is 7.29. The van der Waals surface area contributed by atoms with Gasteiger partial charge in [0.2, 0.25) is 0 Å². The minimum absolute atomic E-state index is 0.00561. The summed E-state index contributed by atoms with van der Waals surface area (Å²) in [7, 11) is 0. The molecule has 2 aromatic rings. The number of benzene rings is 2. The Morgan fingerprint density at radius 1 is 1.07 bits per heavy atom. The van der Waals surface area contributed by atoms with Crippen molar-refractivity contribution in [3.05, 3.63) is 59.2 Å². The molecule has 1 atom stereocenters. The molecule has 1 unspecified atom stereocenters. The fourth-order valence-corrected chi connectivity index (χ4v) is 4.11. The van der Waals surface area contributed by atoms with Gasteiger partial charge < -0.3 is 5.32 Å². The smallest absolute Gasteiger partial charge is 0.251 e. The second kappa shape index (κ2) is 7.28. The number of nitrogens with one attached hydrogen (secondary N) is 1. The largest absolute Gasteiger partial charge is 0.350 e. The molecule has 0 radical (unpaired) electrons. The van der Waals surface area contributed by atoms with E-state index >= 15 is 0 Å². The van der Waals surface area contributed by atoms with E-state index in [1.807, 2.05) is 36.4 Å². The number of piperidine rings is 1. The Kier molecular flexibility index (Phi) is 4.83.